The fraction of sp³-hybridized carbons (Fsp3) is 0. The third-order valence-electron chi connectivity index (χ3n) is 1.17. The minimum atomic E-state index is -0.618. The van der Waals surface area contributed by atoms with Crippen LogP contribution in [-0.2, 0) is 0 Å². The largest absolute Gasteiger partial charge is 0.411 e. The van der Waals surface area contributed by atoms with E-state index in [4.69, 9.17) is 10.4 Å². The molecule has 0 saturated heterocycles. The number of nitrogens with zero attached hydrogens (tertiary/aromatic N) is 3. The van der Waals surface area contributed by atoms with E-state index in [1.54, 1.807) is 0 Å². The van der Waals surface area contributed by atoms with Gasteiger partial charge in [0.2, 0.25) is 0 Å². The Hall–Kier alpha value is -2.18. The molecule has 13 heavy (non-hydrogen) atoms. The van der Waals surface area contributed by atoms with Gasteiger partial charge in [0.1, 0.15) is 0 Å². The van der Waals surface area contributed by atoms with Crippen molar-refractivity contribution in [2.75, 3.05) is 0 Å². The molecule has 0 spiro atoms. The topological polar surface area (TPSA) is 111 Å². The second-order valence-corrected chi connectivity index (χ2v) is 2.06. The van der Waals surface area contributed by atoms with Crippen LogP contribution in [-0.4, -0.2) is 32.8 Å². The molecule has 0 aliphatic heterocycles. The van der Waals surface area contributed by atoms with Crippen LogP contribution in [0.15, 0.2) is 21.2 Å². The SMILES string of the molecule is O=c1nc(C=NO)cc(C=NO)[nH]1. The van der Waals surface area contributed by atoms with Gasteiger partial charge in [0.25, 0.3) is 0 Å². The Kier molecular flexibility index (Phi) is 2.74. The molecule has 1 rings (SSSR count). The zero-order chi connectivity index (χ0) is 9.68. The van der Waals surface area contributed by atoms with E-state index in [0.717, 1.165) is 12.4 Å². The molecule has 0 amide bonds. The zero-order valence-electron chi connectivity index (χ0n) is 6.38. The lowest BCUT2D eigenvalue weighted by molar-refractivity contribution is 0.321. The number of hydrogen-bond donors (Lipinski definition) is 3. The molecule has 0 aliphatic carbocycles. The number of rotatable bonds is 2. The predicted molar refractivity (Wildman–Crippen MR) is 43.6 cm³/mol. The molecule has 0 aromatic carbocycles. The summed E-state index contributed by atoms with van der Waals surface area (Å²) in [5, 5.41) is 21.8. The minimum absolute atomic E-state index is 0.168. The first kappa shape index (κ1) is 8.91. The molecule has 0 unspecified atom stereocenters. The van der Waals surface area contributed by atoms with Crippen LogP contribution in [0.25, 0.3) is 0 Å². The number of H-pyrrole nitrogens is 1. The van der Waals surface area contributed by atoms with Crippen LogP contribution < -0.4 is 5.69 Å². The van der Waals surface area contributed by atoms with Crippen molar-refractivity contribution in [3.63, 3.8) is 0 Å². The lowest BCUT2D eigenvalue weighted by Gasteiger charge is -1.92. The van der Waals surface area contributed by atoms with Gasteiger partial charge in [0.15, 0.2) is 0 Å². The molecule has 0 radical (unpaired) electrons. The molecule has 3 N–H and O–H groups in total. The molecular weight excluding hydrogens is 176 g/mol. The van der Waals surface area contributed by atoms with Crippen LogP contribution in [0, 0.1) is 0 Å². The molecule has 7 nitrogen and oxygen atoms in total. The van der Waals surface area contributed by atoms with E-state index in [0.29, 0.717) is 0 Å². The number of oxime groups is 2. The van der Waals surface area contributed by atoms with Crippen molar-refractivity contribution in [1.29, 1.82) is 0 Å². The molecule has 1 heterocycles. The number of nitrogens with one attached hydrogen (secondary N) is 1. The smallest absolute Gasteiger partial charge is 0.346 e. The van der Waals surface area contributed by atoms with E-state index in [2.05, 4.69) is 20.3 Å². The van der Waals surface area contributed by atoms with E-state index in [-0.39, 0.29) is 11.4 Å². The highest BCUT2D eigenvalue weighted by Gasteiger charge is 1.96. The highest BCUT2D eigenvalue weighted by atomic mass is 16.4. The Balaban J connectivity index is 3.18. The Morgan fingerprint density at radius 3 is 2.69 bits per heavy atom. The van der Waals surface area contributed by atoms with Gasteiger partial charge in [-0.2, -0.15) is 4.98 Å². The maximum Gasteiger partial charge on any atom is 0.346 e. The van der Waals surface area contributed by atoms with Crippen molar-refractivity contribution in [2.45, 2.75) is 0 Å². The van der Waals surface area contributed by atoms with Gasteiger partial charge in [-0.05, 0) is 6.07 Å². The normalized spacial score (nSPS) is 11.4. The molecule has 0 aliphatic rings. The first-order chi connectivity index (χ1) is 6.26. The summed E-state index contributed by atoms with van der Waals surface area (Å²) in [7, 11) is 0. The van der Waals surface area contributed by atoms with E-state index in [1.165, 1.54) is 6.07 Å². The van der Waals surface area contributed by atoms with Gasteiger partial charge >= 0.3 is 5.69 Å². The van der Waals surface area contributed by atoms with E-state index < -0.39 is 5.69 Å². The van der Waals surface area contributed by atoms with Gasteiger partial charge in [0, 0.05) is 0 Å². The van der Waals surface area contributed by atoms with Gasteiger partial charge < -0.3 is 15.4 Å². The first-order valence-electron chi connectivity index (χ1n) is 3.22. The van der Waals surface area contributed by atoms with Gasteiger partial charge in [-0.15, -0.1) is 0 Å². The molecule has 0 atom stereocenters. The third-order valence-corrected chi connectivity index (χ3v) is 1.17. The van der Waals surface area contributed by atoms with Gasteiger partial charge in [-0.3, -0.25) is 0 Å². The Bertz CT molecular complexity index is 362. The monoisotopic (exact) mass is 182 g/mol. The fourth-order valence-electron chi connectivity index (χ4n) is 0.753. The van der Waals surface area contributed by atoms with Crippen molar-refractivity contribution < 1.29 is 10.4 Å². The summed E-state index contributed by atoms with van der Waals surface area (Å²) in [4.78, 5) is 16.5. The summed E-state index contributed by atoms with van der Waals surface area (Å²) in [6, 6.07) is 1.38. The fourth-order valence-corrected chi connectivity index (χ4v) is 0.753. The maximum absolute atomic E-state index is 10.8. The molecule has 68 valence electrons. The van der Waals surface area contributed by atoms with Crippen molar-refractivity contribution in [3.05, 3.63) is 27.9 Å². The summed E-state index contributed by atoms with van der Waals surface area (Å²) < 4.78 is 0. The summed E-state index contributed by atoms with van der Waals surface area (Å²) in [6.07, 6.45) is 2.02. The van der Waals surface area contributed by atoms with Crippen molar-refractivity contribution >= 4 is 12.4 Å². The van der Waals surface area contributed by atoms with E-state index in [1.807, 2.05) is 0 Å². The van der Waals surface area contributed by atoms with Gasteiger partial charge in [0.05, 0.1) is 23.8 Å². The highest BCUT2D eigenvalue weighted by molar-refractivity contribution is 5.82. The van der Waals surface area contributed by atoms with Gasteiger partial charge in [-0.25, -0.2) is 4.79 Å². The van der Waals surface area contributed by atoms with Crippen LogP contribution in [0.4, 0.5) is 0 Å². The number of aromatic nitrogens is 2. The van der Waals surface area contributed by atoms with Gasteiger partial charge in [-0.1, -0.05) is 10.3 Å². The Morgan fingerprint density at radius 2 is 2.08 bits per heavy atom. The quantitative estimate of drug-likeness (QED) is 0.321. The summed E-state index contributed by atoms with van der Waals surface area (Å²) >= 11 is 0. The van der Waals surface area contributed by atoms with Crippen LogP contribution in [0.5, 0.6) is 0 Å². The Morgan fingerprint density at radius 1 is 1.38 bits per heavy atom. The standard InChI is InChI=1S/C6H6N4O3/c11-6-9-4(2-7-12)1-5(10-6)3-8-13/h1-3,12-13H,(H,9,10,11). The molecule has 0 fully saturated rings. The van der Waals surface area contributed by atoms with Crippen molar-refractivity contribution in [2.24, 2.45) is 10.3 Å². The van der Waals surface area contributed by atoms with Crippen LogP contribution >= 0.6 is 0 Å². The second kappa shape index (κ2) is 4.00. The third kappa shape index (κ3) is 2.40. The van der Waals surface area contributed by atoms with Crippen molar-refractivity contribution in [1.82, 2.24) is 9.97 Å². The maximum atomic E-state index is 10.8. The van der Waals surface area contributed by atoms with E-state index in [9.17, 15) is 4.79 Å². The summed E-state index contributed by atoms with van der Waals surface area (Å²) in [5.74, 6) is 0. The summed E-state index contributed by atoms with van der Waals surface area (Å²) in [6.45, 7) is 0. The highest BCUT2D eigenvalue weighted by Crippen LogP contribution is 1.89. The number of hydrogen-bond acceptors (Lipinski definition) is 6. The van der Waals surface area contributed by atoms with Crippen molar-refractivity contribution in [3.8, 4) is 0 Å². The molecule has 1 aromatic rings. The molecular formula is C6H6N4O3. The second-order valence-electron chi connectivity index (χ2n) is 2.06. The lowest BCUT2D eigenvalue weighted by Crippen LogP contribution is -2.14. The molecule has 1 aromatic heterocycles. The lowest BCUT2D eigenvalue weighted by atomic mass is 10.3. The molecule has 7 heteroatoms. The zero-order valence-corrected chi connectivity index (χ0v) is 6.38. The average Bonchev–Trinajstić information content (AvgIpc) is 2.04. The molecule has 0 bridgehead atoms. The Labute approximate surface area is 72.0 Å². The average molecular weight is 182 g/mol. The predicted octanol–water partition coefficient (Wildman–Crippen LogP) is -0.614. The first-order valence-corrected chi connectivity index (χ1v) is 3.22. The minimum Gasteiger partial charge on any atom is -0.411 e. The van der Waals surface area contributed by atoms with Crippen LogP contribution in [0.2, 0.25) is 0 Å². The molecule has 0 saturated carbocycles. The number of aromatic amines is 1. The van der Waals surface area contributed by atoms with E-state index >= 15 is 0 Å². The van der Waals surface area contributed by atoms with Crippen LogP contribution in [0.3, 0.4) is 0 Å². The van der Waals surface area contributed by atoms with Crippen LogP contribution in [0.1, 0.15) is 11.4 Å². The summed E-state index contributed by atoms with van der Waals surface area (Å²) in [5.41, 5.74) is -0.189.